The van der Waals surface area contributed by atoms with E-state index in [-0.39, 0.29) is 19.0 Å². The molecular weight excluding hydrogens is 332 g/mol. The van der Waals surface area contributed by atoms with E-state index in [4.69, 9.17) is 16.3 Å². The van der Waals surface area contributed by atoms with Crippen molar-refractivity contribution in [3.8, 4) is 0 Å². The minimum Gasteiger partial charge on any atom is -0.459 e. The van der Waals surface area contributed by atoms with Gasteiger partial charge >= 0.3 is 5.97 Å². The predicted octanol–water partition coefficient (Wildman–Crippen LogP) is 4.25. The first-order chi connectivity index (χ1) is 11.0. The van der Waals surface area contributed by atoms with Crippen molar-refractivity contribution in [2.24, 2.45) is 0 Å². The smallest absolute Gasteiger partial charge is 0.312 e. The molecule has 0 fully saturated rings. The van der Waals surface area contributed by atoms with Crippen molar-refractivity contribution in [3.05, 3.63) is 56.6 Å². The van der Waals surface area contributed by atoms with E-state index in [1.165, 1.54) is 11.3 Å². The van der Waals surface area contributed by atoms with Crippen LogP contribution in [0.1, 0.15) is 22.0 Å². The van der Waals surface area contributed by atoms with Crippen molar-refractivity contribution in [3.63, 3.8) is 0 Å². The highest BCUT2D eigenvalue weighted by Crippen LogP contribution is 2.27. The number of carbonyl (C=O) groups is 1. The number of hydrogen-bond acceptors (Lipinski definition) is 5. The zero-order valence-corrected chi connectivity index (χ0v) is 14.4. The molecule has 0 saturated heterocycles. The molecule has 0 aliphatic carbocycles. The molecule has 1 aromatic carbocycles. The van der Waals surface area contributed by atoms with E-state index in [9.17, 15) is 4.79 Å². The molecule has 6 heteroatoms. The normalized spacial score (nSPS) is 10.9. The van der Waals surface area contributed by atoms with Gasteiger partial charge in [-0.15, -0.1) is 11.3 Å². The number of aromatic nitrogens is 2. The molecule has 0 radical (unpaired) electrons. The largest absolute Gasteiger partial charge is 0.459 e. The van der Waals surface area contributed by atoms with Crippen molar-refractivity contribution in [2.45, 2.75) is 26.9 Å². The molecule has 0 spiro atoms. The summed E-state index contributed by atoms with van der Waals surface area (Å²) in [7, 11) is 0. The highest BCUT2D eigenvalue weighted by Gasteiger charge is 2.13. The van der Waals surface area contributed by atoms with E-state index in [1.54, 1.807) is 0 Å². The van der Waals surface area contributed by atoms with Crippen LogP contribution < -0.4 is 0 Å². The van der Waals surface area contributed by atoms with E-state index in [2.05, 4.69) is 9.97 Å². The summed E-state index contributed by atoms with van der Waals surface area (Å²) in [6.07, 6.45) is 0.161. The van der Waals surface area contributed by atoms with Crippen molar-refractivity contribution >= 4 is 39.8 Å². The van der Waals surface area contributed by atoms with Crippen LogP contribution in [0.15, 0.2) is 29.6 Å². The maximum Gasteiger partial charge on any atom is 0.312 e. The minimum atomic E-state index is -0.334. The molecule has 23 heavy (non-hydrogen) atoms. The maximum atomic E-state index is 11.9. The molecule has 0 aliphatic rings. The van der Waals surface area contributed by atoms with Gasteiger partial charge in [0.15, 0.2) is 0 Å². The Hall–Kier alpha value is -1.98. The first kappa shape index (κ1) is 15.9. The lowest BCUT2D eigenvalue weighted by atomic mass is 10.1. The van der Waals surface area contributed by atoms with Gasteiger partial charge in [0.05, 0.1) is 33.4 Å². The molecule has 0 N–H and O–H groups in total. The lowest BCUT2D eigenvalue weighted by Gasteiger charge is -2.10. The summed E-state index contributed by atoms with van der Waals surface area (Å²) in [6, 6.07) is 7.76. The molecular formula is C17H15ClN2O2S. The third-order valence-electron chi connectivity index (χ3n) is 3.51. The first-order valence-electron chi connectivity index (χ1n) is 7.15. The highest BCUT2D eigenvalue weighted by atomic mass is 35.5. The van der Waals surface area contributed by atoms with Crippen LogP contribution in [-0.2, 0) is 22.6 Å². The summed E-state index contributed by atoms with van der Waals surface area (Å²) < 4.78 is 5.30. The number of benzene rings is 1. The predicted molar refractivity (Wildman–Crippen MR) is 91.8 cm³/mol. The van der Waals surface area contributed by atoms with Crippen molar-refractivity contribution < 1.29 is 9.53 Å². The molecule has 0 amide bonds. The molecule has 118 valence electrons. The maximum absolute atomic E-state index is 11.9. The van der Waals surface area contributed by atoms with Gasteiger partial charge in [0, 0.05) is 10.8 Å². The fraction of sp³-hybridized carbons (Fsp3) is 0.235. The quantitative estimate of drug-likeness (QED) is 0.663. The van der Waals surface area contributed by atoms with Gasteiger partial charge in [-0.3, -0.25) is 4.79 Å². The van der Waals surface area contributed by atoms with Gasteiger partial charge < -0.3 is 4.74 Å². The Labute approximate surface area is 143 Å². The minimum absolute atomic E-state index is 0.0620. The Balaban J connectivity index is 1.74. The van der Waals surface area contributed by atoms with Crippen LogP contribution in [0, 0.1) is 13.8 Å². The molecule has 0 aliphatic heterocycles. The van der Waals surface area contributed by atoms with Crippen LogP contribution >= 0.6 is 22.9 Å². The third kappa shape index (κ3) is 3.51. The summed E-state index contributed by atoms with van der Waals surface area (Å²) in [4.78, 5) is 20.7. The van der Waals surface area contributed by atoms with Gasteiger partial charge in [-0.05, 0) is 25.5 Å². The Bertz CT molecular complexity index is 876. The van der Waals surface area contributed by atoms with Gasteiger partial charge in [-0.1, -0.05) is 29.8 Å². The molecule has 4 nitrogen and oxygen atoms in total. The second kappa shape index (κ2) is 6.64. The summed E-state index contributed by atoms with van der Waals surface area (Å²) in [6.45, 7) is 3.91. The van der Waals surface area contributed by atoms with Gasteiger partial charge in [-0.2, -0.15) is 0 Å². The monoisotopic (exact) mass is 346 g/mol. The molecule has 0 atom stereocenters. The number of carbonyl (C=O) groups excluding carboxylic acids is 1. The number of aryl methyl sites for hydroxylation is 2. The number of fused-ring (bicyclic) bond motifs is 1. The molecule has 0 bridgehead atoms. The van der Waals surface area contributed by atoms with E-state index in [1.807, 2.05) is 43.5 Å². The standard InChI is InChI=1S/C17H15ClN2O2S/c1-10-13-5-3-4-6-14(13)20-15(17(10)18)8-22-16(21)7-12-9-23-11(2)19-12/h3-6,9H,7-8H2,1-2H3. The second-order valence-corrected chi connectivity index (χ2v) is 6.65. The van der Waals surface area contributed by atoms with Crippen LogP contribution in [0.25, 0.3) is 10.9 Å². The van der Waals surface area contributed by atoms with Crippen LogP contribution in [-0.4, -0.2) is 15.9 Å². The Morgan fingerprint density at radius 3 is 2.78 bits per heavy atom. The summed E-state index contributed by atoms with van der Waals surface area (Å²) in [5.41, 5.74) is 3.09. The molecule has 3 rings (SSSR count). The summed E-state index contributed by atoms with van der Waals surface area (Å²) >= 11 is 7.87. The number of ether oxygens (including phenoxy) is 1. The van der Waals surface area contributed by atoms with Gasteiger partial charge in [0.2, 0.25) is 0 Å². The SMILES string of the molecule is Cc1nc(CC(=O)OCc2nc3ccccc3c(C)c2Cl)cs1. The number of pyridine rings is 1. The topological polar surface area (TPSA) is 52.1 Å². The first-order valence-corrected chi connectivity index (χ1v) is 8.40. The molecule has 2 aromatic heterocycles. The zero-order chi connectivity index (χ0) is 16.4. The van der Waals surface area contributed by atoms with Crippen LogP contribution in [0.5, 0.6) is 0 Å². The van der Waals surface area contributed by atoms with Crippen molar-refractivity contribution in [1.82, 2.24) is 9.97 Å². The van der Waals surface area contributed by atoms with Gasteiger partial charge in [0.1, 0.15) is 6.61 Å². The summed E-state index contributed by atoms with van der Waals surface area (Å²) in [5, 5.41) is 4.34. The third-order valence-corrected chi connectivity index (χ3v) is 4.83. The molecule has 0 unspecified atom stereocenters. The summed E-state index contributed by atoms with van der Waals surface area (Å²) in [5.74, 6) is -0.334. The number of halogens is 1. The average Bonchev–Trinajstić information content (AvgIpc) is 2.94. The van der Waals surface area contributed by atoms with Crippen LogP contribution in [0.2, 0.25) is 5.02 Å². The fourth-order valence-corrected chi connectivity index (χ4v) is 3.16. The van der Waals surface area contributed by atoms with Crippen LogP contribution in [0.4, 0.5) is 0 Å². The highest BCUT2D eigenvalue weighted by molar-refractivity contribution is 7.09. The van der Waals surface area contributed by atoms with Gasteiger partial charge in [0.25, 0.3) is 0 Å². The van der Waals surface area contributed by atoms with Crippen LogP contribution in [0.3, 0.4) is 0 Å². The van der Waals surface area contributed by atoms with E-state index < -0.39 is 0 Å². The Kier molecular flexibility index (Phi) is 4.59. The van der Waals surface area contributed by atoms with E-state index >= 15 is 0 Å². The second-order valence-electron chi connectivity index (χ2n) is 5.21. The molecule has 3 aromatic rings. The number of hydrogen-bond donors (Lipinski definition) is 0. The number of para-hydroxylation sites is 1. The van der Waals surface area contributed by atoms with Gasteiger partial charge in [-0.25, -0.2) is 9.97 Å². The lowest BCUT2D eigenvalue weighted by Crippen LogP contribution is -2.09. The number of thiazole rings is 1. The Morgan fingerprint density at radius 1 is 1.26 bits per heavy atom. The van der Waals surface area contributed by atoms with Crippen molar-refractivity contribution in [2.75, 3.05) is 0 Å². The number of rotatable bonds is 4. The lowest BCUT2D eigenvalue weighted by molar-refractivity contribution is -0.144. The average molecular weight is 347 g/mol. The fourth-order valence-electron chi connectivity index (χ4n) is 2.35. The number of esters is 1. The molecule has 0 saturated carbocycles. The molecule has 2 heterocycles. The number of nitrogens with zero attached hydrogens (tertiary/aromatic N) is 2. The van der Waals surface area contributed by atoms with E-state index in [0.717, 1.165) is 27.2 Å². The Morgan fingerprint density at radius 2 is 2.04 bits per heavy atom. The zero-order valence-electron chi connectivity index (χ0n) is 12.8. The van der Waals surface area contributed by atoms with Crippen molar-refractivity contribution in [1.29, 1.82) is 0 Å². The van der Waals surface area contributed by atoms with E-state index in [0.29, 0.717) is 10.7 Å².